The van der Waals surface area contributed by atoms with Gasteiger partial charge in [0, 0.05) is 13.0 Å². The van der Waals surface area contributed by atoms with Gasteiger partial charge in [-0.3, -0.25) is 13.8 Å². The molecule has 1 amide bonds. The minimum absolute atomic E-state index is 0.0925. The Balaban J connectivity index is 4.11. The van der Waals surface area contributed by atoms with Crippen LogP contribution < -0.4 is 11.1 Å². The van der Waals surface area contributed by atoms with Gasteiger partial charge in [-0.2, -0.15) is 0 Å². The molecule has 0 heterocycles. The van der Waals surface area contributed by atoms with E-state index in [1.54, 1.807) is 0 Å². The average Bonchev–Trinajstić information content (AvgIpc) is 3.12. The van der Waals surface area contributed by atoms with Gasteiger partial charge in [0.25, 0.3) is 0 Å². The molecule has 0 aromatic carbocycles. The number of aliphatic hydroxyl groups is 1. The van der Waals surface area contributed by atoms with Gasteiger partial charge < -0.3 is 21.1 Å². The zero-order chi connectivity index (χ0) is 37.5. The summed E-state index contributed by atoms with van der Waals surface area (Å²) in [6.07, 6.45) is 41.0. The van der Waals surface area contributed by atoms with E-state index in [9.17, 15) is 19.4 Å². The van der Waals surface area contributed by atoms with Gasteiger partial charge in [0.15, 0.2) is 0 Å². The molecule has 0 fully saturated rings. The van der Waals surface area contributed by atoms with Crippen molar-refractivity contribution in [1.82, 2.24) is 5.32 Å². The number of carbonyl (C=O) groups excluding carboxylic acids is 1. The van der Waals surface area contributed by atoms with Crippen LogP contribution in [0.25, 0.3) is 0 Å². The lowest BCUT2D eigenvalue weighted by molar-refractivity contribution is -0.123. The van der Waals surface area contributed by atoms with E-state index in [1.165, 1.54) is 167 Å². The van der Waals surface area contributed by atoms with Gasteiger partial charge in [0.2, 0.25) is 5.91 Å². The molecule has 0 saturated heterocycles. The highest BCUT2D eigenvalue weighted by molar-refractivity contribution is 7.47. The molecular weight excluding hydrogens is 659 g/mol. The number of carbonyl (C=O) groups is 1. The van der Waals surface area contributed by atoms with E-state index in [0.29, 0.717) is 12.8 Å². The van der Waals surface area contributed by atoms with E-state index in [4.69, 9.17) is 14.8 Å². The van der Waals surface area contributed by atoms with Crippen molar-refractivity contribution in [3.63, 3.8) is 0 Å². The van der Waals surface area contributed by atoms with Crippen molar-refractivity contribution in [1.29, 1.82) is 0 Å². The van der Waals surface area contributed by atoms with Gasteiger partial charge in [0.05, 0.1) is 25.4 Å². The highest BCUT2D eigenvalue weighted by atomic mass is 31.2. The second kappa shape index (κ2) is 39.2. The molecule has 3 atom stereocenters. The summed E-state index contributed by atoms with van der Waals surface area (Å²) in [6, 6.07) is -0.767. The molecule has 3 unspecified atom stereocenters. The fourth-order valence-corrected chi connectivity index (χ4v) is 7.60. The van der Waals surface area contributed by atoms with Crippen LogP contribution in [0.5, 0.6) is 0 Å². The maximum Gasteiger partial charge on any atom is 0.472 e. The molecule has 0 aliphatic carbocycles. The van der Waals surface area contributed by atoms with Crippen molar-refractivity contribution >= 4 is 13.7 Å². The third-order valence-corrected chi connectivity index (χ3v) is 11.2. The van der Waals surface area contributed by atoms with Gasteiger partial charge in [-0.1, -0.05) is 213 Å². The lowest BCUT2D eigenvalue weighted by Crippen LogP contribution is -2.46. The standard InChI is InChI=1S/C42H87N2O6P/c1-3-5-7-9-11-13-15-17-19-20-22-24-26-28-30-32-34-36-42(46)44-40(39-50-51(47,48)49-38-37-43)41(45)35-33-31-29-27-25-23-21-18-16-14-12-10-8-6-4-2/h40-41,45H,3-39,43H2,1-2H3,(H,44,46)(H,47,48). The maximum atomic E-state index is 12.8. The minimum atomic E-state index is -4.31. The Morgan fingerprint density at radius 3 is 1.25 bits per heavy atom. The number of phosphoric ester groups is 1. The van der Waals surface area contributed by atoms with Crippen molar-refractivity contribution in [2.75, 3.05) is 19.8 Å². The molecule has 0 aromatic heterocycles. The van der Waals surface area contributed by atoms with E-state index in [-0.39, 0.29) is 25.7 Å². The summed E-state index contributed by atoms with van der Waals surface area (Å²) < 4.78 is 22.2. The van der Waals surface area contributed by atoms with Crippen LogP contribution in [-0.2, 0) is 18.4 Å². The summed E-state index contributed by atoms with van der Waals surface area (Å²) in [6.45, 7) is 4.24. The van der Waals surface area contributed by atoms with Crippen molar-refractivity contribution in [2.24, 2.45) is 5.73 Å². The maximum absolute atomic E-state index is 12.8. The molecule has 0 spiro atoms. The molecule has 0 radical (unpaired) electrons. The number of aliphatic hydroxyl groups excluding tert-OH is 1. The fourth-order valence-electron chi connectivity index (χ4n) is 6.84. The van der Waals surface area contributed by atoms with Crippen LogP contribution in [0.1, 0.15) is 232 Å². The molecule has 51 heavy (non-hydrogen) atoms. The molecule has 0 aromatic rings. The first-order valence-corrected chi connectivity index (χ1v) is 23.6. The summed E-state index contributed by atoms with van der Waals surface area (Å²) >= 11 is 0. The molecular formula is C42H87N2O6P. The number of nitrogens with one attached hydrogen (secondary N) is 1. The molecule has 0 aliphatic heterocycles. The lowest BCUT2D eigenvalue weighted by atomic mass is 10.0. The second-order valence-electron chi connectivity index (χ2n) is 15.3. The first kappa shape index (κ1) is 50.5. The van der Waals surface area contributed by atoms with Crippen LogP contribution in [0.4, 0.5) is 0 Å². The van der Waals surface area contributed by atoms with E-state index < -0.39 is 20.0 Å². The van der Waals surface area contributed by atoms with Crippen LogP contribution in [0.15, 0.2) is 0 Å². The van der Waals surface area contributed by atoms with Crippen molar-refractivity contribution in [3.8, 4) is 0 Å². The first-order valence-electron chi connectivity index (χ1n) is 22.2. The largest absolute Gasteiger partial charge is 0.472 e. The van der Waals surface area contributed by atoms with Crippen LogP contribution in [0.3, 0.4) is 0 Å². The van der Waals surface area contributed by atoms with Crippen LogP contribution >= 0.6 is 7.82 Å². The molecule has 0 aliphatic rings. The topological polar surface area (TPSA) is 131 Å². The van der Waals surface area contributed by atoms with Gasteiger partial charge in [-0.15, -0.1) is 0 Å². The fraction of sp³-hybridized carbons (Fsp3) is 0.976. The molecule has 9 heteroatoms. The zero-order valence-corrected chi connectivity index (χ0v) is 34.8. The SMILES string of the molecule is CCCCCCCCCCCCCCCCCCCC(=O)NC(COP(=O)(O)OCCN)C(O)CCCCCCCCCCCCCCCCC. The number of unbranched alkanes of at least 4 members (excludes halogenated alkanes) is 30. The summed E-state index contributed by atoms with van der Waals surface area (Å²) in [4.78, 5) is 22.7. The quantitative estimate of drug-likeness (QED) is 0.0361. The highest BCUT2D eigenvalue weighted by Crippen LogP contribution is 2.43. The van der Waals surface area contributed by atoms with Gasteiger partial charge >= 0.3 is 7.82 Å². The molecule has 0 bridgehead atoms. The number of hydrogen-bond acceptors (Lipinski definition) is 6. The Morgan fingerprint density at radius 2 is 0.902 bits per heavy atom. The molecule has 306 valence electrons. The minimum Gasteiger partial charge on any atom is -0.391 e. The number of hydrogen-bond donors (Lipinski definition) is 4. The Bertz CT molecular complexity index is 774. The van der Waals surface area contributed by atoms with Crippen molar-refractivity contribution < 1.29 is 28.4 Å². The smallest absolute Gasteiger partial charge is 0.391 e. The third kappa shape index (κ3) is 37.6. The van der Waals surface area contributed by atoms with E-state index >= 15 is 0 Å². The van der Waals surface area contributed by atoms with Crippen LogP contribution in [0, 0.1) is 0 Å². The summed E-state index contributed by atoms with van der Waals surface area (Å²) in [5.41, 5.74) is 5.38. The number of nitrogens with two attached hydrogens (primary N) is 1. The summed E-state index contributed by atoms with van der Waals surface area (Å²) in [5.74, 6) is -0.157. The summed E-state index contributed by atoms with van der Waals surface area (Å²) in [5, 5.41) is 13.8. The van der Waals surface area contributed by atoms with Crippen LogP contribution in [-0.4, -0.2) is 47.8 Å². The highest BCUT2D eigenvalue weighted by Gasteiger charge is 2.27. The normalized spacial score (nSPS) is 14.1. The Hall–Kier alpha value is -0.500. The van der Waals surface area contributed by atoms with E-state index in [0.717, 1.165) is 38.5 Å². The Morgan fingerprint density at radius 1 is 0.569 bits per heavy atom. The van der Waals surface area contributed by atoms with Crippen molar-refractivity contribution in [3.05, 3.63) is 0 Å². The van der Waals surface area contributed by atoms with Gasteiger partial charge in [0.1, 0.15) is 0 Å². The lowest BCUT2D eigenvalue weighted by Gasteiger charge is -2.25. The van der Waals surface area contributed by atoms with Crippen molar-refractivity contribution in [2.45, 2.75) is 244 Å². The molecule has 0 rings (SSSR count). The predicted octanol–water partition coefficient (Wildman–Crippen LogP) is 12.2. The number of amides is 1. The number of rotatable bonds is 42. The zero-order valence-electron chi connectivity index (χ0n) is 33.9. The predicted molar refractivity (Wildman–Crippen MR) is 217 cm³/mol. The first-order chi connectivity index (χ1) is 24.9. The van der Waals surface area contributed by atoms with Gasteiger partial charge in [-0.25, -0.2) is 4.57 Å². The third-order valence-electron chi connectivity index (χ3n) is 10.2. The second-order valence-corrected chi connectivity index (χ2v) is 16.7. The monoisotopic (exact) mass is 747 g/mol. The average molecular weight is 747 g/mol. The van der Waals surface area contributed by atoms with E-state index in [1.807, 2.05) is 0 Å². The van der Waals surface area contributed by atoms with Crippen LogP contribution in [0.2, 0.25) is 0 Å². The molecule has 5 N–H and O–H groups in total. The Labute approximate surface area is 316 Å². The molecule has 8 nitrogen and oxygen atoms in total. The summed E-state index contributed by atoms with van der Waals surface area (Å²) in [7, 11) is -4.31. The number of phosphoric acid groups is 1. The Kier molecular flexibility index (Phi) is 38.8. The molecule has 0 saturated carbocycles. The van der Waals surface area contributed by atoms with E-state index in [2.05, 4.69) is 19.2 Å². The van der Waals surface area contributed by atoms with Gasteiger partial charge in [-0.05, 0) is 12.8 Å².